The predicted molar refractivity (Wildman–Crippen MR) is 77.8 cm³/mol. The van der Waals surface area contributed by atoms with Crippen molar-refractivity contribution in [3.8, 4) is 0 Å². The molecule has 6 nitrogen and oxygen atoms in total. The van der Waals surface area contributed by atoms with Gasteiger partial charge in [-0.2, -0.15) is 0 Å². The molecule has 0 radical (unpaired) electrons. The van der Waals surface area contributed by atoms with Crippen LogP contribution >= 0.6 is 0 Å². The molecule has 1 fully saturated rings. The molecule has 1 unspecified atom stereocenters. The van der Waals surface area contributed by atoms with E-state index >= 15 is 0 Å². The van der Waals surface area contributed by atoms with E-state index in [4.69, 9.17) is 5.11 Å². The van der Waals surface area contributed by atoms with E-state index < -0.39 is 12.0 Å². The molecule has 1 atom stereocenters. The Morgan fingerprint density at radius 1 is 1.30 bits per heavy atom. The Morgan fingerprint density at radius 2 is 1.90 bits per heavy atom. The monoisotopic (exact) mass is 285 g/mol. The summed E-state index contributed by atoms with van der Waals surface area (Å²) in [6.07, 6.45) is 4.52. The zero-order chi connectivity index (χ0) is 15.3. The Hall–Kier alpha value is -1.30. The van der Waals surface area contributed by atoms with E-state index in [9.17, 15) is 9.59 Å². The maximum atomic E-state index is 12.1. The lowest BCUT2D eigenvalue weighted by Crippen LogP contribution is -2.59. The van der Waals surface area contributed by atoms with Crippen molar-refractivity contribution in [2.24, 2.45) is 0 Å². The van der Waals surface area contributed by atoms with Crippen LogP contribution in [-0.2, 0) is 4.79 Å². The molecule has 0 bridgehead atoms. The van der Waals surface area contributed by atoms with Gasteiger partial charge in [-0.25, -0.2) is 9.59 Å². The predicted octanol–water partition coefficient (Wildman–Crippen LogP) is 1.37. The minimum Gasteiger partial charge on any atom is -0.480 e. The summed E-state index contributed by atoms with van der Waals surface area (Å²) >= 11 is 0. The first-order chi connectivity index (χ1) is 9.32. The molecule has 1 rings (SSSR count). The Labute approximate surface area is 121 Å². The van der Waals surface area contributed by atoms with Crippen molar-refractivity contribution in [3.05, 3.63) is 0 Å². The maximum Gasteiger partial charge on any atom is 0.326 e. The average Bonchev–Trinajstić information content (AvgIpc) is 2.31. The van der Waals surface area contributed by atoms with E-state index in [1.807, 2.05) is 21.0 Å². The second-order valence-corrected chi connectivity index (χ2v) is 5.96. The van der Waals surface area contributed by atoms with Gasteiger partial charge in [0, 0.05) is 19.1 Å². The number of carboxylic acid groups (broad SMARTS) is 1. The first-order valence-corrected chi connectivity index (χ1v) is 7.24. The molecule has 0 spiro atoms. The normalized spacial score (nSPS) is 18.2. The van der Waals surface area contributed by atoms with Crippen LogP contribution in [0.4, 0.5) is 4.79 Å². The number of likely N-dealkylation sites (N-methyl/N-ethyl adjacent to an activating group) is 2. The number of urea groups is 1. The Morgan fingerprint density at radius 3 is 2.25 bits per heavy atom. The summed E-state index contributed by atoms with van der Waals surface area (Å²) in [5.74, 6) is -0.973. The summed E-state index contributed by atoms with van der Waals surface area (Å²) in [4.78, 5) is 26.9. The van der Waals surface area contributed by atoms with Gasteiger partial charge in [-0.05, 0) is 39.8 Å². The van der Waals surface area contributed by atoms with Gasteiger partial charge in [-0.3, -0.25) is 0 Å². The molecule has 0 aromatic rings. The third kappa shape index (κ3) is 3.85. The largest absolute Gasteiger partial charge is 0.480 e. The first-order valence-electron chi connectivity index (χ1n) is 7.24. The molecular weight excluding hydrogens is 258 g/mol. The molecule has 116 valence electrons. The van der Waals surface area contributed by atoms with E-state index in [-0.39, 0.29) is 11.6 Å². The minimum atomic E-state index is -0.973. The second kappa shape index (κ2) is 6.92. The standard InChI is InChI=1S/C14H27N3O3/c1-5-7-11(12(18)19)15-13(20)17(4)10-14(16(2)3)8-6-9-14/h11H,5-10H2,1-4H3,(H,15,20)(H,18,19). The van der Waals surface area contributed by atoms with Crippen molar-refractivity contribution < 1.29 is 14.7 Å². The average molecular weight is 285 g/mol. The molecule has 0 aromatic heterocycles. The van der Waals surface area contributed by atoms with E-state index in [2.05, 4.69) is 10.2 Å². The van der Waals surface area contributed by atoms with Gasteiger partial charge in [0.2, 0.25) is 0 Å². The molecule has 0 aromatic carbocycles. The molecular formula is C14H27N3O3. The van der Waals surface area contributed by atoms with Crippen molar-refractivity contribution in [1.29, 1.82) is 0 Å². The Kier molecular flexibility index (Phi) is 5.80. The number of nitrogens with zero attached hydrogens (tertiary/aromatic N) is 2. The highest BCUT2D eigenvalue weighted by atomic mass is 16.4. The van der Waals surface area contributed by atoms with Gasteiger partial charge in [0.25, 0.3) is 0 Å². The zero-order valence-electron chi connectivity index (χ0n) is 13.0. The van der Waals surface area contributed by atoms with Crippen LogP contribution in [0.15, 0.2) is 0 Å². The number of rotatable bonds is 7. The molecule has 2 amide bonds. The Bertz CT molecular complexity index is 354. The molecule has 1 aliphatic carbocycles. The highest BCUT2D eigenvalue weighted by Gasteiger charge is 2.40. The number of carboxylic acids is 1. The lowest BCUT2D eigenvalue weighted by molar-refractivity contribution is -0.139. The third-order valence-electron chi connectivity index (χ3n) is 4.28. The summed E-state index contributed by atoms with van der Waals surface area (Å²) in [7, 11) is 5.79. The van der Waals surface area contributed by atoms with Crippen LogP contribution in [0.1, 0.15) is 39.0 Å². The van der Waals surface area contributed by atoms with Gasteiger partial charge in [0.05, 0.1) is 0 Å². The number of hydrogen-bond acceptors (Lipinski definition) is 3. The number of nitrogens with one attached hydrogen (secondary N) is 1. The fraction of sp³-hybridized carbons (Fsp3) is 0.857. The van der Waals surface area contributed by atoms with E-state index in [1.165, 1.54) is 6.42 Å². The van der Waals surface area contributed by atoms with Crippen molar-refractivity contribution in [2.45, 2.75) is 50.6 Å². The first kappa shape index (κ1) is 16.8. The molecule has 0 aliphatic heterocycles. The van der Waals surface area contributed by atoms with E-state index in [0.717, 1.165) is 19.3 Å². The van der Waals surface area contributed by atoms with Crippen LogP contribution < -0.4 is 5.32 Å². The van der Waals surface area contributed by atoms with Gasteiger partial charge in [0.15, 0.2) is 0 Å². The highest BCUT2D eigenvalue weighted by Crippen LogP contribution is 2.36. The van der Waals surface area contributed by atoms with Crippen molar-refractivity contribution in [1.82, 2.24) is 15.1 Å². The Balaban J connectivity index is 2.56. The summed E-state index contributed by atoms with van der Waals surface area (Å²) in [6.45, 7) is 2.53. The molecule has 20 heavy (non-hydrogen) atoms. The van der Waals surface area contributed by atoms with Crippen LogP contribution in [0, 0.1) is 0 Å². The van der Waals surface area contributed by atoms with Gasteiger partial charge in [0.1, 0.15) is 6.04 Å². The molecule has 0 saturated heterocycles. The van der Waals surface area contributed by atoms with Crippen molar-refractivity contribution >= 4 is 12.0 Å². The van der Waals surface area contributed by atoms with Gasteiger partial charge < -0.3 is 20.2 Å². The fourth-order valence-corrected chi connectivity index (χ4v) is 2.65. The van der Waals surface area contributed by atoms with Crippen LogP contribution in [-0.4, -0.2) is 66.2 Å². The maximum absolute atomic E-state index is 12.1. The summed E-state index contributed by atoms with van der Waals surface area (Å²) in [5, 5.41) is 11.7. The number of carbonyl (C=O) groups is 2. The highest BCUT2D eigenvalue weighted by molar-refractivity contribution is 5.82. The van der Waals surface area contributed by atoms with Gasteiger partial charge in [-0.15, -0.1) is 0 Å². The molecule has 1 saturated carbocycles. The summed E-state index contributed by atoms with van der Waals surface area (Å²) in [5.41, 5.74) is 0.0512. The number of carbonyl (C=O) groups excluding carboxylic acids is 1. The van der Waals surface area contributed by atoms with E-state index in [1.54, 1.807) is 11.9 Å². The van der Waals surface area contributed by atoms with Gasteiger partial charge >= 0.3 is 12.0 Å². The van der Waals surface area contributed by atoms with Crippen LogP contribution in [0.5, 0.6) is 0 Å². The number of amides is 2. The van der Waals surface area contributed by atoms with Crippen LogP contribution in [0.2, 0.25) is 0 Å². The molecule has 2 N–H and O–H groups in total. The van der Waals surface area contributed by atoms with Gasteiger partial charge in [-0.1, -0.05) is 13.3 Å². The molecule has 6 heteroatoms. The van der Waals surface area contributed by atoms with Crippen molar-refractivity contribution in [3.63, 3.8) is 0 Å². The summed E-state index contributed by atoms with van der Waals surface area (Å²) < 4.78 is 0. The second-order valence-electron chi connectivity index (χ2n) is 5.96. The van der Waals surface area contributed by atoms with Crippen LogP contribution in [0.25, 0.3) is 0 Å². The third-order valence-corrected chi connectivity index (χ3v) is 4.28. The van der Waals surface area contributed by atoms with Crippen molar-refractivity contribution in [2.75, 3.05) is 27.7 Å². The topological polar surface area (TPSA) is 72.9 Å². The quantitative estimate of drug-likeness (QED) is 0.741. The fourth-order valence-electron chi connectivity index (χ4n) is 2.65. The SMILES string of the molecule is CCCC(NC(=O)N(C)CC1(N(C)C)CCC1)C(=O)O. The lowest BCUT2D eigenvalue weighted by atomic mass is 9.75. The van der Waals surface area contributed by atoms with E-state index in [0.29, 0.717) is 13.0 Å². The smallest absolute Gasteiger partial charge is 0.326 e. The number of aliphatic carboxylic acids is 1. The zero-order valence-corrected chi connectivity index (χ0v) is 13.0. The minimum absolute atomic E-state index is 0.0512. The summed E-state index contributed by atoms with van der Waals surface area (Å²) in [6, 6.07) is -1.11. The van der Waals surface area contributed by atoms with Crippen LogP contribution in [0.3, 0.4) is 0 Å². The molecule has 1 aliphatic rings. The lowest BCUT2D eigenvalue weighted by Gasteiger charge is -2.49. The molecule has 0 heterocycles. The number of hydrogen-bond donors (Lipinski definition) is 2.